The molecule has 1 aliphatic carbocycles. The molecule has 0 radical (unpaired) electrons. The van der Waals surface area contributed by atoms with Gasteiger partial charge < -0.3 is 0 Å². The Kier molecular flexibility index (Phi) is 3.21. The van der Waals surface area contributed by atoms with Crippen LogP contribution >= 0.6 is 0 Å². The minimum atomic E-state index is 1.28. The van der Waals surface area contributed by atoms with E-state index in [0.29, 0.717) is 0 Å². The van der Waals surface area contributed by atoms with Gasteiger partial charge in [0.25, 0.3) is 0 Å². The maximum absolute atomic E-state index is 2.16. The van der Waals surface area contributed by atoms with Crippen molar-refractivity contribution in [3.63, 3.8) is 0 Å². The molecule has 2 rings (SSSR count). The lowest BCUT2D eigenvalue weighted by Gasteiger charge is -2.10. The van der Waals surface area contributed by atoms with Gasteiger partial charge in [-0.1, -0.05) is 60.7 Å². The van der Waals surface area contributed by atoms with E-state index in [-0.39, 0.29) is 0 Å². The van der Waals surface area contributed by atoms with Crippen LogP contribution in [-0.4, -0.2) is 0 Å². The van der Waals surface area contributed by atoms with Crippen LogP contribution in [0.15, 0.2) is 71.9 Å². The van der Waals surface area contributed by atoms with Crippen molar-refractivity contribution >= 4 is 5.57 Å². The highest BCUT2D eigenvalue weighted by atomic mass is 14.1. The van der Waals surface area contributed by atoms with Gasteiger partial charge in [-0.15, -0.1) is 0 Å². The summed E-state index contributed by atoms with van der Waals surface area (Å²) >= 11 is 0. The summed E-state index contributed by atoms with van der Waals surface area (Å²) in [5, 5.41) is 0. The highest BCUT2D eigenvalue weighted by molar-refractivity contribution is 5.84. The fourth-order valence-electron chi connectivity index (χ4n) is 1.91. The average Bonchev–Trinajstić information content (AvgIpc) is 2.84. The van der Waals surface area contributed by atoms with Gasteiger partial charge in [-0.25, -0.2) is 0 Å². The van der Waals surface area contributed by atoms with Crippen molar-refractivity contribution in [1.82, 2.24) is 0 Å². The molecule has 1 aromatic carbocycles. The minimum absolute atomic E-state index is 1.28. The van der Waals surface area contributed by atoms with Gasteiger partial charge >= 0.3 is 0 Å². The first-order valence-electron chi connectivity index (χ1n) is 5.60. The fourth-order valence-corrected chi connectivity index (χ4v) is 1.91. The van der Waals surface area contributed by atoms with Gasteiger partial charge in [0.2, 0.25) is 0 Å². The monoisotopic (exact) mass is 208 g/mol. The van der Waals surface area contributed by atoms with Crippen LogP contribution in [0.4, 0.5) is 0 Å². The number of hydrogen-bond donors (Lipinski definition) is 0. The van der Waals surface area contributed by atoms with Crippen LogP contribution in [0, 0.1) is 0 Å². The fraction of sp³-hybridized carbons (Fsp3) is 0.125. The molecular formula is C16H16. The van der Waals surface area contributed by atoms with Crippen molar-refractivity contribution < 1.29 is 0 Å². The number of rotatable bonds is 2. The Hall–Kier alpha value is -1.82. The zero-order chi connectivity index (χ0) is 11.4. The zero-order valence-electron chi connectivity index (χ0n) is 9.77. The van der Waals surface area contributed by atoms with E-state index in [9.17, 15) is 0 Å². The summed E-state index contributed by atoms with van der Waals surface area (Å²) in [4.78, 5) is 0. The maximum atomic E-state index is 2.16. The standard InChI is InChI=1S/C16H16/c1-3-13(2)16(15-11-7-8-12-15)14-9-5-4-6-10-14/h3-12H,1-2H3/b13-3-. The summed E-state index contributed by atoms with van der Waals surface area (Å²) < 4.78 is 0. The van der Waals surface area contributed by atoms with Crippen LogP contribution in [0.25, 0.3) is 5.57 Å². The van der Waals surface area contributed by atoms with Gasteiger partial charge in [0.05, 0.1) is 0 Å². The van der Waals surface area contributed by atoms with Crippen LogP contribution < -0.4 is 0 Å². The Labute approximate surface area is 97.3 Å². The van der Waals surface area contributed by atoms with E-state index in [1.807, 2.05) is 0 Å². The normalized spacial score (nSPS) is 14.6. The van der Waals surface area contributed by atoms with Crippen LogP contribution in [0.1, 0.15) is 19.4 Å². The first-order chi connectivity index (χ1) is 7.83. The predicted octanol–water partition coefficient (Wildman–Crippen LogP) is 4.53. The molecule has 16 heavy (non-hydrogen) atoms. The lowest BCUT2D eigenvalue weighted by Crippen LogP contribution is -1.89. The summed E-state index contributed by atoms with van der Waals surface area (Å²) in [6.07, 6.45) is 10.7. The van der Waals surface area contributed by atoms with Crippen molar-refractivity contribution in [2.45, 2.75) is 13.8 Å². The van der Waals surface area contributed by atoms with E-state index in [1.54, 1.807) is 0 Å². The molecule has 0 bridgehead atoms. The first-order valence-corrected chi connectivity index (χ1v) is 5.60. The van der Waals surface area contributed by atoms with Gasteiger partial charge in [-0.05, 0) is 36.1 Å². The third kappa shape index (κ3) is 2.06. The average molecular weight is 208 g/mol. The molecule has 0 amide bonds. The Morgan fingerprint density at radius 2 is 1.62 bits per heavy atom. The molecule has 0 heterocycles. The lowest BCUT2D eigenvalue weighted by atomic mass is 9.94. The molecule has 1 aliphatic rings. The summed E-state index contributed by atoms with van der Waals surface area (Å²) in [5.74, 6) is 0. The molecule has 0 saturated carbocycles. The predicted molar refractivity (Wildman–Crippen MR) is 71.1 cm³/mol. The third-order valence-electron chi connectivity index (χ3n) is 2.84. The second-order valence-corrected chi connectivity index (χ2v) is 3.89. The zero-order valence-corrected chi connectivity index (χ0v) is 9.77. The summed E-state index contributed by atoms with van der Waals surface area (Å²) in [5.41, 5.74) is 5.22. The molecule has 1 aromatic rings. The Morgan fingerprint density at radius 1 is 1.00 bits per heavy atom. The Balaban J connectivity index is 2.57. The Morgan fingerprint density at radius 3 is 2.19 bits per heavy atom. The van der Waals surface area contributed by atoms with Crippen LogP contribution in [0.3, 0.4) is 0 Å². The van der Waals surface area contributed by atoms with Crippen LogP contribution in [-0.2, 0) is 0 Å². The van der Waals surface area contributed by atoms with Gasteiger partial charge in [0, 0.05) is 0 Å². The summed E-state index contributed by atoms with van der Waals surface area (Å²) in [6.45, 7) is 4.25. The Bertz CT molecular complexity index is 468. The highest BCUT2D eigenvalue weighted by Crippen LogP contribution is 2.29. The van der Waals surface area contributed by atoms with Crippen molar-refractivity contribution in [3.8, 4) is 0 Å². The molecule has 0 aromatic heterocycles. The molecule has 0 saturated heterocycles. The van der Waals surface area contributed by atoms with E-state index in [2.05, 4.69) is 74.6 Å². The molecule has 0 nitrogen and oxygen atoms in total. The van der Waals surface area contributed by atoms with Crippen molar-refractivity contribution in [1.29, 1.82) is 0 Å². The minimum Gasteiger partial charge on any atom is -0.0841 e. The van der Waals surface area contributed by atoms with Gasteiger partial charge in [-0.3, -0.25) is 0 Å². The summed E-state index contributed by atoms with van der Waals surface area (Å²) in [7, 11) is 0. The molecule has 0 heteroatoms. The van der Waals surface area contributed by atoms with Crippen molar-refractivity contribution in [3.05, 3.63) is 77.4 Å². The molecule has 0 unspecified atom stereocenters. The quantitative estimate of drug-likeness (QED) is 0.669. The number of allylic oxidation sites excluding steroid dienone is 8. The molecule has 0 spiro atoms. The van der Waals surface area contributed by atoms with E-state index in [0.717, 1.165) is 0 Å². The molecule has 0 fully saturated rings. The van der Waals surface area contributed by atoms with E-state index in [4.69, 9.17) is 0 Å². The third-order valence-corrected chi connectivity index (χ3v) is 2.84. The summed E-state index contributed by atoms with van der Waals surface area (Å²) in [6, 6.07) is 10.5. The number of benzene rings is 1. The molecule has 80 valence electrons. The molecule has 0 atom stereocenters. The van der Waals surface area contributed by atoms with E-state index < -0.39 is 0 Å². The number of hydrogen-bond acceptors (Lipinski definition) is 0. The molecule has 0 N–H and O–H groups in total. The first kappa shape index (κ1) is 10.7. The SMILES string of the molecule is C/C=C(/C)C(=C1C=CC=C1)c1ccccc1. The van der Waals surface area contributed by atoms with Crippen LogP contribution in [0.5, 0.6) is 0 Å². The second-order valence-electron chi connectivity index (χ2n) is 3.89. The largest absolute Gasteiger partial charge is 0.0841 e. The van der Waals surface area contributed by atoms with Gasteiger partial charge in [-0.2, -0.15) is 0 Å². The second kappa shape index (κ2) is 4.80. The smallest absolute Gasteiger partial charge is 0.00854 e. The van der Waals surface area contributed by atoms with Crippen LogP contribution in [0.2, 0.25) is 0 Å². The molecular weight excluding hydrogens is 192 g/mol. The van der Waals surface area contributed by atoms with Crippen molar-refractivity contribution in [2.75, 3.05) is 0 Å². The highest BCUT2D eigenvalue weighted by Gasteiger charge is 2.08. The topological polar surface area (TPSA) is 0 Å². The van der Waals surface area contributed by atoms with E-state index >= 15 is 0 Å². The van der Waals surface area contributed by atoms with Gasteiger partial charge in [0.1, 0.15) is 0 Å². The lowest BCUT2D eigenvalue weighted by molar-refractivity contribution is 1.44. The van der Waals surface area contributed by atoms with Crippen molar-refractivity contribution in [2.24, 2.45) is 0 Å². The van der Waals surface area contributed by atoms with E-state index in [1.165, 1.54) is 22.3 Å². The maximum Gasteiger partial charge on any atom is -0.00854 e. The van der Waals surface area contributed by atoms with Gasteiger partial charge in [0.15, 0.2) is 0 Å². The molecule has 0 aliphatic heterocycles.